The van der Waals surface area contributed by atoms with Gasteiger partial charge in [0.15, 0.2) is 0 Å². The van der Waals surface area contributed by atoms with Gasteiger partial charge in [0.1, 0.15) is 0 Å². The Balaban J connectivity index is 2.05. The average molecular weight is 299 g/mol. The van der Waals surface area contributed by atoms with Crippen LogP contribution < -0.4 is 0 Å². The lowest BCUT2D eigenvalue weighted by Gasteiger charge is -2.13. The van der Waals surface area contributed by atoms with Crippen LogP contribution in [0.4, 0.5) is 0 Å². The second kappa shape index (κ2) is 5.90. The predicted molar refractivity (Wildman–Crippen MR) is 89.9 cm³/mol. The van der Waals surface area contributed by atoms with Crippen LogP contribution in [-0.2, 0) is 0 Å². The Kier molecular flexibility index (Phi) is 4.00. The maximum atomic E-state index is 6.70. The van der Waals surface area contributed by atoms with Gasteiger partial charge in [-0.25, -0.2) is 0 Å². The molecule has 20 heavy (non-hydrogen) atoms. The first-order valence-corrected chi connectivity index (χ1v) is 8.21. The molecule has 3 aromatic carbocycles. The van der Waals surface area contributed by atoms with Crippen LogP contribution in [0.5, 0.6) is 0 Å². The van der Waals surface area contributed by atoms with Gasteiger partial charge in [0.05, 0.1) is 5.38 Å². The molecule has 0 aromatic heterocycles. The first kappa shape index (κ1) is 13.5. The standard InChI is InChI=1S/C18H15ClS/c1-20-15-11-9-14(10-12-15)18(19)17-8-4-6-13-5-2-3-7-16(13)17/h2-12,18H,1H3. The van der Waals surface area contributed by atoms with Gasteiger partial charge in [0, 0.05) is 4.90 Å². The average Bonchev–Trinajstić information content (AvgIpc) is 2.54. The Morgan fingerprint density at radius 3 is 2.30 bits per heavy atom. The first-order valence-electron chi connectivity index (χ1n) is 6.55. The summed E-state index contributed by atoms with van der Waals surface area (Å²) >= 11 is 8.44. The molecular formula is C18H15ClS. The van der Waals surface area contributed by atoms with E-state index < -0.39 is 0 Å². The van der Waals surface area contributed by atoms with E-state index in [0.717, 1.165) is 5.56 Å². The summed E-state index contributed by atoms with van der Waals surface area (Å²) in [7, 11) is 0. The molecule has 1 atom stereocenters. The van der Waals surface area contributed by atoms with Gasteiger partial charge >= 0.3 is 0 Å². The molecule has 0 N–H and O–H groups in total. The molecule has 0 saturated heterocycles. The Hall–Kier alpha value is -1.44. The lowest BCUT2D eigenvalue weighted by molar-refractivity contribution is 1.15. The number of alkyl halides is 1. The number of rotatable bonds is 3. The molecular weight excluding hydrogens is 284 g/mol. The largest absolute Gasteiger partial charge is 0.130 e. The summed E-state index contributed by atoms with van der Waals surface area (Å²) in [4.78, 5) is 1.26. The summed E-state index contributed by atoms with van der Waals surface area (Å²) in [5.41, 5.74) is 2.31. The molecule has 0 aliphatic heterocycles. The Bertz CT molecular complexity index is 714. The topological polar surface area (TPSA) is 0 Å². The lowest BCUT2D eigenvalue weighted by Crippen LogP contribution is -1.94. The molecule has 0 nitrogen and oxygen atoms in total. The summed E-state index contributed by atoms with van der Waals surface area (Å²) in [6.45, 7) is 0. The molecule has 0 heterocycles. The normalized spacial score (nSPS) is 12.5. The smallest absolute Gasteiger partial charge is 0.0841 e. The number of benzene rings is 3. The van der Waals surface area contributed by atoms with Crippen molar-refractivity contribution in [2.75, 3.05) is 6.26 Å². The number of hydrogen-bond donors (Lipinski definition) is 0. The van der Waals surface area contributed by atoms with E-state index in [1.807, 2.05) is 0 Å². The lowest BCUT2D eigenvalue weighted by atomic mass is 9.98. The monoisotopic (exact) mass is 298 g/mol. The fourth-order valence-electron chi connectivity index (χ4n) is 2.42. The molecule has 0 radical (unpaired) electrons. The second-order valence-corrected chi connectivity index (χ2v) is 6.02. The summed E-state index contributed by atoms with van der Waals surface area (Å²) in [6.07, 6.45) is 2.08. The van der Waals surface area contributed by atoms with Crippen molar-refractivity contribution in [1.29, 1.82) is 0 Å². The maximum Gasteiger partial charge on any atom is 0.0841 e. The van der Waals surface area contributed by atoms with E-state index in [-0.39, 0.29) is 5.38 Å². The van der Waals surface area contributed by atoms with E-state index in [1.54, 1.807) is 11.8 Å². The number of thioether (sulfide) groups is 1. The van der Waals surface area contributed by atoms with E-state index in [0.29, 0.717) is 0 Å². The highest BCUT2D eigenvalue weighted by Gasteiger charge is 2.13. The zero-order chi connectivity index (χ0) is 13.9. The third-order valence-corrected chi connectivity index (χ3v) is 4.74. The second-order valence-electron chi connectivity index (χ2n) is 4.70. The van der Waals surface area contributed by atoms with E-state index in [2.05, 4.69) is 73.0 Å². The minimum absolute atomic E-state index is 0.114. The van der Waals surface area contributed by atoms with E-state index in [4.69, 9.17) is 11.6 Å². The molecule has 3 rings (SSSR count). The van der Waals surface area contributed by atoms with Crippen molar-refractivity contribution in [3.8, 4) is 0 Å². The zero-order valence-electron chi connectivity index (χ0n) is 11.2. The molecule has 0 aliphatic rings. The third kappa shape index (κ3) is 2.56. The van der Waals surface area contributed by atoms with Gasteiger partial charge in [-0.3, -0.25) is 0 Å². The minimum Gasteiger partial charge on any atom is -0.130 e. The number of hydrogen-bond acceptors (Lipinski definition) is 1. The predicted octanol–water partition coefficient (Wildman–Crippen LogP) is 5.89. The number of fused-ring (bicyclic) bond motifs is 1. The van der Waals surface area contributed by atoms with Crippen LogP contribution in [0.2, 0.25) is 0 Å². The van der Waals surface area contributed by atoms with Crippen LogP contribution in [0.3, 0.4) is 0 Å². The zero-order valence-corrected chi connectivity index (χ0v) is 12.8. The van der Waals surface area contributed by atoms with Crippen LogP contribution >= 0.6 is 23.4 Å². The van der Waals surface area contributed by atoms with Gasteiger partial charge < -0.3 is 0 Å². The van der Waals surface area contributed by atoms with Crippen LogP contribution in [0.1, 0.15) is 16.5 Å². The third-order valence-electron chi connectivity index (χ3n) is 3.50. The van der Waals surface area contributed by atoms with Crippen molar-refractivity contribution >= 4 is 34.1 Å². The minimum atomic E-state index is -0.114. The Morgan fingerprint density at radius 2 is 1.55 bits per heavy atom. The summed E-state index contributed by atoms with van der Waals surface area (Å²) in [6, 6.07) is 23.2. The van der Waals surface area contributed by atoms with Crippen LogP contribution in [0, 0.1) is 0 Å². The van der Waals surface area contributed by atoms with Crippen LogP contribution in [0.15, 0.2) is 71.6 Å². The molecule has 0 spiro atoms. The van der Waals surface area contributed by atoms with Gasteiger partial charge in [0.25, 0.3) is 0 Å². The molecule has 0 fully saturated rings. The van der Waals surface area contributed by atoms with Crippen molar-refractivity contribution in [3.63, 3.8) is 0 Å². The quantitative estimate of drug-likeness (QED) is 0.429. The molecule has 3 aromatic rings. The van der Waals surface area contributed by atoms with Crippen molar-refractivity contribution in [3.05, 3.63) is 77.9 Å². The molecule has 0 aliphatic carbocycles. The molecule has 100 valence electrons. The molecule has 0 amide bonds. The highest BCUT2D eigenvalue weighted by molar-refractivity contribution is 7.98. The number of halogens is 1. The van der Waals surface area contributed by atoms with Crippen LogP contribution in [0.25, 0.3) is 10.8 Å². The SMILES string of the molecule is CSc1ccc(C(Cl)c2cccc3ccccc23)cc1. The highest BCUT2D eigenvalue weighted by Crippen LogP contribution is 2.34. The molecule has 2 heteroatoms. The summed E-state index contributed by atoms with van der Waals surface area (Å²) in [5.74, 6) is 0. The fourth-order valence-corrected chi connectivity index (χ4v) is 3.17. The molecule has 0 bridgehead atoms. The maximum absolute atomic E-state index is 6.70. The van der Waals surface area contributed by atoms with E-state index in [1.165, 1.54) is 21.2 Å². The van der Waals surface area contributed by atoms with Crippen molar-refractivity contribution < 1.29 is 0 Å². The summed E-state index contributed by atoms with van der Waals surface area (Å²) < 4.78 is 0. The fraction of sp³-hybridized carbons (Fsp3) is 0.111. The Morgan fingerprint density at radius 1 is 0.850 bits per heavy atom. The van der Waals surface area contributed by atoms with Gasteiger partial charge in [0.2, 0.25) is 0 Å². The van der Waals surface area contributed by atoms with Gasteiger partial charge in [-0.15, -0.1) is 23.4 Å². The van der Waals surface area contributed by atoms with Crippen molar-refractivity contribution in [1.82, 2.24) is 0 Å². The molecule has 1 unspecified atom stereocenters. The van der Waals surface area contributed by atoms with E-state index >= 15 is 0 Å². The Labute approximate surface area is 128 Å². The van der Waals surface area contributed by atoms with Gasteiger partial charge in [-0.05, 0) is 40.3 Å². The highest BCUT2D eigenvalue weighted by atomic mass is 35.5. The van der Waals surface area contributed by atoms with Crippen LogP contribution in [-0.4, -0.2) is 6.26 Å². The summed E-state index contributed by atoms with van der Waals surface area (Å²) in [5, 5.41) is 2.34. The van der Waals surface area contributed by atoms with Crippen molar-refractivity contribution in [2.24, 2.45) is 0 Å². The van der Waals surface area contributed by atoms with Gasteiger partial charge in [-0.1, -0.05) is 54.6 Å². The van der Waals surface area contributed by atoms with E-state index in [9.17, 15) is 0 Å². The molecule has 0 saturated carbocycles. The van der Waals surface area contributed by atoms with Crippen molar-refractivity contribution in [2.45, 2.75) is 10.3 Å². The van der Waals surface area contributed by atoms with Gasteiger partial charge in [-0.2, -0.15) is 0 Å². The first-order chi connectivity index (χ1) is 9.79.